The lowest BCUT2D eigenvalue weighted by Gasteiger charge is -2.30. The molecule has 2 nitrogen and oxygen atoms in total. The van der Waals surface area contributed by atoms with Crippen LogP contribution in [0.1, 0.15) is 53.6 Å². The first kappa shape index (κ1) is 19.9. The topological polar surface area (TPSA) is 37.3 Å². The number of hydrogen-bond donors (Lipinski definition) is 1. The van der Waals surface area contributed by atoms with E-state index < -0.39 is 5.60 Å². The summed E-state index contributed by atoms with van der Waals surface area (Å²) in [6, 6.07) is 26.4. The van der Waals surface area contributed by atoms with Gasteiger partial charge in [0, 0.05) is 15.4 Å². The van der Waals surface area contributed by atoms with Crippen LogP contribution in [-0.4, -0.2) is 16.5 Å². The average molecular weight is 403 g/mol. The molecule has 0 spiro atoms. The SMILES string of the molecule is O=C(c1ccccc1)C1(O)CCCCC1.c1ccc2c(c1)Cc1ccccc1S2. The van der Waals surface area contributed by atoms with Crippen molar-refractivity contribution in [3.8, 4) is 0 Å². The molecule has 0 atom stereocenters. The van der Waals surface area contributed by atoms with Gasteiger partial charge in [0.1, 0.15) is 5.60 Å². The zero-order valence-electron chi connectivity index (χ0n) is 16.5. The monoisotopic (exact) mass is 402 g/mol. The van der Waals surface area contributed by atoms with Gasteiger partial charge in [-0.3, -0.25) is 4.79 Å². The molecule has 3 aromatic carbocycles. The second kappa shape index (κ2) is 8.98. The van der Waals surface area contributed by atoms with Crippen LogP contribution in [0.15, 0.2) is 88.7 Å². The van der Waals surface area contributed by atoms with Crippen molar-refractivity contribution >= 4 is 17.5 Å². The molecule has 1 aliphatic carbocycles. The van der Waals surface area contributed by atoms with Crippen molar-refractivity contribution in [2.45, 2.75) is 53.9 Å². The summed E-state index contributed by atoms with van der Waals surface area (Å²) in [7, 11) is 0. The molecule has 148 valence electrons. The second-order valence-corrected chi connectivity index (χ2v) is 8.87. The maximum Gasteiger partial charge on any atom is 0.194 e. The van der Waals surface area contributed by atoms with Gasteiger partial charge in [-0.05, 0) is 42.5 Å². The number of rotatable bonds is 2. The molecule has 3 aromatic rings. The molecule has 1 aliphatic heterocycles. The standard InChI is InChI=1S/C13H16O2.C13H10S/c14-12(11-7-3-1-4-8-11)13(15)9-5-2-6-10-13;1-3-7-12-10(5-1)9-11-6-2-4-8-13(11)14-12/h1,3-4,7-8,15H,2,5-6,9-10H2;1-8H,9H2. The van der Waals surface area contributed by atoms with Crippen molar-refractivity contribution in [2.24, 2.45) is 0 Å². The molecule has 2 aliphatic rings. The molecule has 1 heterocycles. The minimum Gasteiger partial charge on any atom is -0.382 e. The highest BCUT2D eigenvalue weighted by atomic mass is 32.2. The Morgan fingerprint density at radius 1 is 0.724 bits per heavy atom. The molecule has 29 heavy (non-hydrogen) atoms. The molecular formula is C26H26O2S. The summed E-state index contributed by atoms with van der Waals surface area (Å²) in [4.78, 5) is 14.9. The molecule has 0 bridgehead atoms. The number of carbonyl (C=O) groups excluding carboxylic acids is 1. The van der Waals surface area contributed by atoms with E-state index in [0.29, 0.717) is 18.4 Å². The van der Waals surface area contributed by atoms with Gasteiger partial charge in [0.15, 0.2) is 5.78 Å². The number of hydrogen-bond acceptors (Lipinski definition) is 3. The lowest BCUT2D eigenvalue weighted by atomic mass is 9.79. The quantitative estimate of drug-likeness (QED) is 0.399. The summed E-state index contributed by atoms with van der Waals surface area (Å²) in [5, 5.41) is 10.2. The molecule has 1 N–H and O–H groups in total. The molecule has 1 fully saturated rings. The van der Waals surface area contributed by atoms with Gasteiger partial charge in [-0.2, -0.15) is 0 Å². The summed E-state index contributed by atoms with van der Waals surface area (Å²) in [6.07, 6.45) is 5.34. The van der Waals surface area contributed by atoms with Gasteiger partial charge in [0.05, 0.1) is 0 Å². The number of aliphatic hydroxyl groups is 1. The predicted octanol–water partition coefficient (Wildman–Crippen LogP) is 6.31. The van der Waals surface area contributed by atoms with Gasteiger partial charge in [-0.15, -0.1) is 0 Å². The number of Topliss-reactive ketones (excluding diaryl/α,β-unsaturated/α-hetero) is 1. The van der Waals surface area contributed by atoms with Gasteiger partial charge in [0.25, 0.3) is 0 Å². The lowest BCUT2D eigenvalue weighted by molar-refractivity contribution is 0.0116. The molecule has 1 saturated carbocycles. The van der Waals surface area contributed by atoms with Crippen molar-refractivity contribution in [2.75, 3.05) is 0 Å². The van der Waals surface area contributed by atoms with Crippen LogP contribution in [0.25, 0.3) is 0 Å². The minimum atomic E-state index is -1.10. The van der Waals surface area contributed by atoms with Crippen LogP contribution in [0, 0.1) is 0 Å². The predicted molar refractivity (Wildman–Crippen MR) is 119 cm³/mol. The fourth-order valence-electron chi connectivity index (χ4n) is 4.04. The zero-order chi connectivity index (χ0) is 20.1. The smallest absolute Gasteiger partial charge is 0.194 e. The number of fused-ring (bicyclic) bond motifs is 2. The molecular weight excluding hydrogens is 376 g/mol. The third-order valence-corrected chi connectivity index (χ3v) is 6.92. The first-order valence-electron chi connectivity index (χ1n) is 10.3. The fourth-order valence-corrected chi connectivity index (χ4v) is 5.12. The Morgan fingerprint density at radius 2 is 1.24 bits per heavy atom. The van der Waals surface area contributed by atoms with Crippen molar-refractivity contribution in [1.29, 1.82) is 0 Å². The van der Waals surface area contributed by atoms with E-state index in [9.17, 15) is 9.90 Å². The maximum atomic E-state index is 12.1. The normalized spacial score (nSPS) is 16.6. The molecule has 0 radical (unpaired) electrons. The van der Waals surface area contributed by atoms with Crippen LogP contribution >= 0.6 is 11.8 Å². The number of benzene rings is 3. The summed E-state index contributed by atoms with van der Waals surface area (Å²) < 4.78 is 0. The average Bonchev–Trinajstić information content (AvgIpc) is 2.78. The first-order valence-corrected chi connectivity index (χ1v) is 11.1. The van der Waals surface area contributed by atoms with E-state index in [4.69, 9.17) is 0 Å². The lowest BCUT2D eigenvalue weighted by Crippen LogP contribution is -2.40. The van der Waals surface area contributed by atoms with Crippen LogP contribution in [0.2, 0.25) is 0 Å². The van der Waals surface area contributed by atoms with Gasteiger partial charge in [-0.25, -0.2) is 0 Å². The molecule has 0 unspecified atom stereocenters. The van der Waals surface area contributed by atoms with Crippen molar-refractivity contribution in [3.63, 3.8) is 0 Å². The maximum absolute atomic E-state index is 12.1. The Kier molecular flexibility index (Phi) is 6.17. The molecule has 3 heteroatoms. The molecule has 0 aromatic heterocycles. The Hall–Kier alpha value is -2.36. The minimum absolute atomic E-state index is 0.109. The van der Waals surface area contributed by atoms with Crippen molar-refractivity contribution in [3.05, 3.63) is 95.6 Å². The molecule has 0 amide bonds. The summed E-state index contributed by atoms with van der Waals surface area (Å²) >= 11 is 1.88. The van der Waals surface area contributed by atoms with Crippen molar-refractivity contribution < 1.29 is 9.90 Å². The molecule has 0 saturated heterocycles. The van der Waals surface area contributed by atoms with E-state index in [2.05, 4.69) is 48.5 Å². The van der Waals surface area contributed by atoms with E-state index >= 15 is 0 Å². The van der Waals surface area contributed by atoms with Crippen LogP contribution in [0.5, 0.6) is 0 Å². The van der Waals surface area contributed by atoms with E-state index in [1.807, 2.05) is 30.0 Å². The summed E-state index contributed by atoms with van der Waals surface area (Å²) in [5.74, 6) is -0.109. The Bertz CT molecular complexity index is 887. The highest BCUT2D eigenvalue weighted by Gasteiger charge is 2.37. The highest BCUT2D eigenvalue weighted by molar-refractivity contribution is 7.99. The number of carbonyl (C=O) groups is 1. The van der Waals surface area contributed by atoms with E-state index in [1.165, 1.54) is 20.9 Å². The second-order valence-electron chi connectivity index (χ2n) is 7.78. The van der Waals surface area contributed by atoms with Gasteiger partial charge >= 0.3 is 0 Å². The van der Waals surface area contributed by atoms with Gasteiger partial charge in [-0.1, -0.05) is 97.8 Å². The van der Waals surface area contributed by atoms with E-state index in [0.717, 1.165) is 25.7 Å². The number of ketones is 1. The van der Waals surface area contributed by atoms with Crippen molar-refractivity contribution in [1.82, 2.24) is 0 Å². The summed E-state index contributed by atoms with van der Waals surface area (Å²) in [6.45, 7) is 0. The Labute approximate surface area is 177 Å². The zero-order valence-corrected chi connectivity index (χ0v) is 17.3. The van der Waals surface area contributed by atoms with Crippen LogP contribution in [0.4, 0.5) is 0 Å². The first-order chi connectivity index (χ1) is 14.2. The Balaban J connectivity index is 0.000000141. The van der Waals surface area contributed by atoms with Gasteiger partial charge < -0.3 is 5.11 Å². The van der Waals surface area contributed by atoms with Crippen LogP contribution in [-0.2, 0) is 6.42 Å². The summed E-state index contributed by atoms with van der Waals surface area (Å²) in [5.41, 5.74) is 2.44. The Morgan fingerprint density at radius 3 is 1.83 bits per heavy atom. The van der Waals surface area contributed by atoms with E-state index in [-0.39, 0.29) is 5.78 Å². The third kappa shape index (κ3) is 4.63. The molecule has 5 rings (SSSR count). The highest BCUT2D eigenvalue weighted by Crippen LogP contribution is 2.38. The van der Waals surface area contributed by atoms with Crippen LogP contribution < -0.4 is 0 Å². The van der Waals surface area contributed by atoms with Crippen LogP contribution in [0.3, 0.4) is 0 Å². The largest absolute Gasteiger partial charge is 0.382 e. The van der Waals surface area contributed by atoms with Gasteiger partial charge in [0.2, 0.25) is 0 Å². The van der Waals surface area contributed by atoms with E-state index in [1.54, 1.807) is 12.1 Å². The fraction of sp³-hybridized carbons (Fsp3) is 0.269. The third-order valence-electron chi connectivity index (χ3n) is 5.69.